The van der Waals surface area contributed by atoms with Crippen molar-refractivity contribution in [3.8, 4) is 0 Å². The van der Waals surface area contributed by atoms with E-state index in [-0.39, 0.29) is 6.10 Å². The molecule has 0 aliphatic carbocycles. The van der Waals surface area contributed by atoms with E-state index < -0.39 is 7.15 Å². The van der Waals surface area contributed by atoms with Crippen LogP contribution < -0.4 is 0 Å². The Kier molecular flexibility index (Phi) is 3.12. The van der Waals surface area contributed by atoms with Crippen LogP contribution in [-0.2, 0) is 20.9 Å². The minimum Gasteiger partial charge on any atom is -0.331 e. The molecule has 0 saturated carbocycles. The topological polar surface area (TPSA) is 18.5 Å². The molecular formula is C9H11O2PS. The zero-order valence-electron chi connectivity index (χ0n) is 7.10. The van der Waals surface area contributed by atoms with E-state index in [2.05, 4.69) is 12.1 Å². The predicted octanol–water partition coefficient (Wildman–Crippen LogP) is 2.67. The highest BCUT2D eigenvalue weighted by molar-refractivity contribution is 8.00. The Bertz CT molecular complexity index is 302. The summed E-state index contributed by atoms with van der Waals surface area (Å²) in [6.45, 7) is 0.733. The second kappa shape index (κ2) is 4.34. The van der Waals surface area contributed by atoms with Gasteiger partial charge in [-0.1, -0.05) is 30.3 Å². The summed E-state index contributed by atoms with van der Waals surface area (Å²) < 4.78 is 10.8. The quantitative estimate of drug-likeness (QED) is 0.669. The number of hydrogen-bond donors (Lipinski definition) is 0. The van der Waals surface area contributed by atoms with Gasteiger partial charge in [-0.15, -0.1) is 0 Å². The van der Waals surface area contributed by atoms with E-state index in [4.69, 9.17) is 20.9 Å². The van der Waals surface area contributed by atoms with Crippen molar-refractivity contribution in [3.63, 3.8) is 0 Å². The van der Waals surface area contributed by atoms with Gasteiger partial charge in [-0.25, -0.2) is 0 Å². The van der Waals surface area contributed by atoms with Gasteiger partial charge in [0.25, 0.3) is 0 Å². The Morgan fingerprint density at radius 3 is 2.77 bits per heavy atom. The van der Waals surface area contributed by atoms with Crippen molar-refractivity contribution in [1.29, 1.82) is 0 Å². The first kappa shape index (κ1) is 9.35. The molecule has 1 saturated heterocycles. The molecule has 13 heavy (non-hydrogen) atoms. The molecule has 2 atom stereocenters. The maximum atomic E-state index is 5.57. The van der Waals surface area contributed by atoms with Crippen LogP contribution in [0.1, 0.15) is 18.1 Å². The molecular weight excluding hydrogens is 203 g/mol. The van der Waals surface area contributed by atoms with Crippen molar-refractivity contribution in [2.24, 2.45) is 0 Å². The highest BCUT2D eigenvalue weighted by Crippen LogP contribution is 2.39. The summed E-state index contributed by atoms with van der Waals surface area (Å²) in [5.74, 6) is 0. The van der Waals surface area contributed by atoms with Crippen LogP contribution in [0, 0.1) is 0 Å². The summed E-state index contributed by atoms with van der Waals surface area (Å²) >= 11 is 5.02. The third-order valence-corrected chi connectivity index (χ3v) is 3.57. The van der Waals surface area contributed by atoms with Crippen molar-refractivity contribution in [3.05, 3.63) is 35.9 Å². The molecule has 0 radical (unpaired) electrons. The van der Waals surface area contributed by atoms with Gasteiger partial charge in [-0.2, -0.15) is 0 Å². The summed E-state index contributed by atoms with van der Waals surface area (Å²) in [4.78, 5) is 0. The Labute approximate surface area is 83.5 Å². The first-order valence-corrected chi connectivity index (χ1v) is 6.69. The standard InChI is InChI=1S/C9H11O2PS/c13-12-10-7-6-9(11-12)8-4-2-1-3-5-8/h1-5,9,12H,6-7H2. The van der Waals surface area contributed by atoms with Gasteiger partial charge >= 0.3 is 0 Å². The molecule has 70 valence electrons. The fourth-order valence-corrected chi connectivity index (χ4v) is 2.80. The summed E-state index contributed by atoms with van der Waals surface area (Å²) in [6, 6.07) is 10.2. The van der Waals surface area contributed by atoms with E-state index in [1.165, 1.54) is 5.56 Å². The molecule has 0 amide bonds. The number of rotatable bonds is 1. The zero-order valence-corrected chi connectivity index (χ0v) is 8.92. The minimum atomic E-state index is -1.41. The van der Waals surface area contributed by atoms with E-state index >= 15 is 0 Å². The number of benzene rings is 1. The van der Waals surface area contributed by atoms with Crippen LogP contribution in [0.5, 0.6) is 0 Å². The lowest BCUT2D eigenvalue weighted by Gasteiger charge is -2.24. The van der Waals surface area contributed by atoms with Gasteiger partial charge in [0.15, 0.2) is 7.15 Å². The van der Waals surface area contributed by atoms with Crippen molar-refractivity contribution < 1.29 is 9.05 Å². The Morgan fingerprint density at radius 1 is 1.31 bits per heavy atom. The molecule has 0 N–H and O–H groups in total. The van der Waals surface area contributed by atoms with Gasteiger partial charge < -0.3 is 9.05 Å². The van der Waals surface area contributed by atoms with Crippen LogP contribution in [0.4, 0.5) is 0 Å². The summed E-state index contributed by atoms with van der Waals surface area (Å²) in [7, 11) is -1.41. The molecule has 4 heteroatoms. The molecule has 1 aromatic carbocycles. The fraction of sp³-hybridized carbons (Fsp3) is 0.333. The Morgan fingerprint density at radius 2 is 2.08 bits per heavy atom. The molecule has 0 spiro atoms. The lowest BCUT2D eigenvalue weighted by atomic mass is 10.1. The third kappa shape index (κ3) is 2.38. The molecule has 2 unspecified atom stereocenters. The van der Waals surface area contributed by atoms with Gasteiger partial charge in [0.1, 0.15) is 0 Å². The smallest absolute Gasteiger partial charge is 0.176 e. The second-order valence-corrected chi connectivity index (χ2v) is 4.93. The third-order valence-electron chi connectivity index (χ3n) is 2.01. The first-order chi connectivity index (χ1) is 6.36. The highest BCUT2D eigenvalue weighted by Gasteiger charge is 2.18. The lowest BCUT2D eigenvalue weighted by Crippen LogP contribution is -2.08. The van der Waals surface area contributed by atoms with Crippen LogP contribution in [0.2, 0.25) is 0 Å². The predicted molar refractivity (Wildman–Crippen MR) is 56.5 cm³/mol. The maximum absolute atomic E-state index is 5.57. The van der Waals surface area contributed by atoms with Crippen LogP contribution in [0.25, 0.3) is 0 Å². The molecule has 0 bridgehead atoms. The Hall–Kier alpha value is -0.210. The molecule has 2 rings (SSSR count). The lowest BCUT2D eigenvalue weighted by molar-refractivity contribution is 0.119. The second-order valence-electron chi connectivity index (χ2n) is 2.90. The highest BCUT2D eigenvalue weighted by atomic mass is 32.4. The average molecular weight is 214 g/mol. The van der Waals surface area contributed by atoms with E-state index in [0.29, 0.717) is 0 Å². The van der Waals surface area contributed by atoms with Gasteiger partial charge in [-0.05, 0) is 17.4 Å². The summed E-state index contributed by atoms with van der Waals surface area (Å²) in [5, 5.41) is 0. The van der Waals surface area contributed by atoms with Gasteiger partial charge in [0, 0.05) is 6.42 Å². The van der Waals surface area contributed by atoms with Gasteiger partial charge in [0.2, 0.25) is 0 Å². The SMILES string of the molecule is S=[PH]1OCCC(c2ccccc2)O1. The molecule has 1 heterocycles. The molecule has 1 aliphatic heterocycles. The molecule has 1 aliphatic rings. The normalized spacial score (nSPS) is 28.6. The van der Waals surface area contributed by atoms with Crippen molar-refractivity contribution in [2.45, 2.75) is 12.5 Å². The number of hydrogen-bond acceptors (Lipinski definition) is 3. The largest absolute Gasteiger partial charge is 0.331 e. The molecule has 1 fully saturated rings. The van der Waals surface area contributed by atoms with Gasteiger partial charge in [-0.3, -0.25) is 0 Å². The van der Waals surface area contributed by atoms with Crippen molar-refractivity contribution >= 4 is 19.0 Å². The maximum Gasteiger partial charge on any atom is 0.176 e. The monoisotopic (exact) mass is 214 g/mol. The van der Waals surface area contributed by atoms with E-state index in [1.54, 1.807) is 0 Å². The average Bonchev–Trinajstić information content (AvgIpc) is 2.19. The van der Waals surface area contributed by atoms with Crippen molar-refractivity contribution in [1.82, 2.24) is 0 Å². The summed E-state index contributed by atoms with van der Waals surface area (Å²) in [5.41, 5.74) is 1.21. The zero-order chi connectivity index (χ0) is 9.10. The van der Waals surface area contributed by atoms with Crippen LogP contribution >= 0.6 is 7.15 Å². The first-order valence-electron chi connectivity index (χ1n) is 4.24. The molecule has 0 aromatic heterocycles. The van der Waals surface area contributed by atoms with E-state index in [9.17, 15) is 0 Å². The van der Waals surface area contributed by atoms with Crippen molar-refractivity contribution in [2.75, 3.05) is 6.61 Å². The molecule has 2 nitrogen and oxygen atoms in total. The van der Waals surface area contributed by atoms with Crippen LogP contribution in [0.3, 0.4) is 0 Å². The summed E-state index contributed by atoms with van der Waals surface area (Å²) in [6.07, 6.45) is 1.07. The van der Waals surface area contributed by atoms with Crippen LogP contribution in [0.15, 0.2) is 30.3 Å². The van der Waals surface area contributed by atoms with Crippen LogP contribution in [-0.4, -0.2) is 6.61 Å². The fourth-order valence-electron chi connectivity index (χ4n) is 1.36. The Balaban J connectivity index is 2.13. The van der Waals surface area contributed by atoms with Gasteiger partial charge in [0.05, 0.1) is 12.7 Å². The minimum absolute atomic E-state index is 0.154. The van der Waals surface area contributed by atoms with E-state index in [0.717, 1.165) is 13.0 Å². The van der Waals surface area contributed by atoms with E-state index in [1.807, 2.05) is 18.2 Å². The molecule has 1 aromatic rings.